The van der Waals surface area contributed by atoms with Gasteiger partial charge in [-0.1, -0.05) is 62.8 Å². The van der Waals surface area contributed by atoms with Crippen LogP contribution < -0.4 is 5.32 Å². The highest BCUT2D eigenvalue weighted by molar-refractivity contribution is 9.10. The van der Waals surface area contributed by atoms with Gasteiger partial charge in [0, 0.05) is 22.4 Å². The van der Waals surface area contributed by atoms with Crippen LogP contribution in [0.2, 0.25) is 5.02 Å². The first kappa shape index (κ1) is 19.7. The van der Waals surface area contributed by atoms with Gasteiger partial charge in [0.05, 0.1) is 15.5 Å². The number of nitro benzene ring substituents is 1. The number of carbonyl (C=O) groups is 1. The molecule has 7 nitrogen and oxygen atoms in total. The van der Waals surface area contributed by atoms with Crippen molar-refractivity contribution in [2.45, 2.75) is 10.1 Å². The topological polar surface area (TPSA) is 98.0 Å². The molecule has 2 aromatic carbocycles. The second-order valence-electron chi connectivity index (χ2n) is 5.16. The summed E-state index contributed by atoms with van der Waals surface area (Å²) in [6, 6.07) is 11.6. The quantitative estimate of drug-likeness (QED) is 0.217. The number of hydrogen-bond donors (Lipinski definition) is 1. The van der Waals surface area contributed by atoms with Gasteiger partial charge in [0.1, 0.15) is 0 Å². The average molecular weight is 486 g/mol. The van der Waals surface area contributed by atoms with Crippen LogP contribution in [-0.4, -0.2) is 21.0 Å². The number of nitrogens with zero attached hydrogens (tertiary/aromatic N) is 3. The molecule has 1 N–H and O–H groups in total. The third kappa shape index (κ3) is 5.25. The highest BCUT2D eigenvalue weighted by atomic mass is 79.9. The molecule has 0 atom stereocenters. The molecular formula is C16H10BrClN4O3S2. The molecule has 0 bridgehead atoms. The standard InChI is InChI=1S/C16H10BrClN4O3S2/c17-10-3-1-9(2-4-10)8-26-16-21-20-15(27-16)19-14(23)12-7-11(22(24)25)5-6-13(12)18/h1-7H,8H2,(H,19,20,23). The van der Waals surface area contributed by atoms with Crippen molar-refractivity contribution >= 4 is 67.4 Å². The number of non-ortho nitro benzene ring substituents is 1. The van der Waals surface area contributed by atoms with Gasteiger partial charge in [0.15, 0.2) is 4.34 Å². The molecule has 138 valence electrons. The Morgan fingerprint density at radius 1 is 1.26 bits per heavy atom. The number of anilines is 1. The summed E-state index contributed by atoms with van der Waals surface area (Å²) in [5, 5.41) is 21.8. The van der Waals surface area contributed by atoms with Crippen molar-refractivity contribution in [2.75, 3.05) is 5.32 Å². The van der Waals surface area contributed by atoms with E-state index in [0.717, 1.165) is 16.1 Å². The first-order valence-corrected chi connectivity index (χ1v) is 10.4. The number of nitro groups is 1. The van der Waals surface area contributed by atoms with E-state index >= 15 is 0 Å². The van der Waals surface area contributed by atoms with Crippen LogP contribution in [-0.2, 0) is 5.75 Å². The predicted octanol–water partition coefficient (Wildman–Crippen LogP) is 5.41. The van der Waals surface area contributed by atoms with Crippen molar-refractivity contribution in [3.05, 3.63) is 73.2 Å². The van der Waals surface area contributed by atoms with Crippen molar-refractivity contribution in [3.63, 3.8) is 0 Å². The first-order chi connectivity index (χ1) is 12.9. The molecule has 0 aliphatic carbocycles. The molecular weight excluding hydrogens is 476 g/mol. The fraction of sp³-hybridized carbons (Fsp3) is 0.0625. The molecule has 0 spiro atoms. The maximum atomic E-state index is 12.3. The summed E-state index contributed by atoms with van der Waals surface area (Å²) in [5.41, 5.74) is 0.921. The number of rotatable bonds is 6. The minimum absolute atomic E-state index is 0.00475. The van der Waals surface area contributed by atoms with E-state index in [0.29, 0.717) is 15.2 Å². The minimum Gasteiger partial charge on any atom is -0.296 e. The van der Waals surface area contributed by atoms with Crippen LogP contribution in [0.1, 0.15) is 15.9 Å². The van der Waals surface area contributed by atoms with Gasteiger partial charge >= 0.3 is 0 Å². The fourth-order valence-electron chi connectivity index (χ4n) is 2.01. The van der Waals surface area contributed by atoms with Crippen LogP contribution in [0.5, 0.6) is 0 Å². The average Bonchev–Trinajstić information content (AvgIpc) is 3.08. The number of thioether (sulfide) groups is 1. The number of benzene rings is 2. The van der Waals surface area contributed by atoms with Crippen LogP contribution in [0, 0.1) is 10.1 Å². The highest BCUT2D eigenvalue weighted by Gasteiger charge is 2.17. The normalized spacial score (nSPS) is 10.6. The van der Waals surface area contributed by atoms with E-state index in [2.05, 4.69) is 31.4 Å². The SMILES string of the molecule is O=C(Nc1nnc(SCc2ccc(Br)cc2)s1)c1cc([N+](=O)[O-])ccc1Cl. The number of halogens is 2. The monoisotopic (exact) mass is 484 g/mol. The Morgan fingerprint density at radius 2 is 2.00 bits per heavy atom. The molecule has 1 amide bonds. The maximum absolute atomic E-state index is 12.3. The molecule has 0 saturated carbocycles. The van der Waals surface area contributed by atoms with E-state index in [9.17, 15) is 14.9 Å². The second-order valence-corrected chi connectivity index (χ2v) is 8.69. The van der Waals surface area contributed by atoms with Crippen LogP contribution in [0.3, 0.4) is 0 Å². The number of aromatic nitrogens is 2. The van der Waals surface area contributed by atoms with E-state index in [-0.39, 0.29) is 16.3 Å². The lowest BCUT2D eigenvalue weighted by Crippen LogP contribution is -2.12. The molecule has 1 heterocycles. The molecule has 0 unspecified atom stereocenters. The van der Waals surface area contributed by atoms with Crippen molar-refractivity contribution in [2.24, 2.45) is 0 Å². The van der Waals surface area contributed by atoms with Crippen molar-refractivity contribution in [1.82, 2.24) is 10.2 Å². The predicted molar refractivity (Wildman–Crippen MR) is 110 cm³/mol. The fourth-order valence-corrected chi connectivity index (χ4v) is 4.18. The zero-order valence-corrected chi connectivity index (χ0v) is 17.4. The lowest BCUT2D eigenvalue weighted by molar-refractivity contribution is -0.384. The molecule has 0 aliphatic heterocycles. The second kappa shape index (κ2) is 8.79. The lowest BCUT2D eigenvalue weighted by atomic mass is 10.2. The molecule has 0 saturated heterocycles. The number of nitrogens with one attached hydrogen (secondary N) is 1. The van der Waals surface area contributed by atoms with E-state index in [1.165, 1.54) is 35.2 Å². The molecule has 3 aromatic rings. The van der Waals surface area contributed by atoms with E-state index < -0.39 is 10.8 Å². The molecule has 1 aromatic heterocycles. The van der Waals surface area contributed by atoms with Gasteiger partial charge in [0.2, 0.25) is 5.13 Å². The largest absolute Gasteiger partial charge is 0.296 e. The van der Waals surface area contributed by atoms with Gasteiger partial charge in [-0.05, 0) is 23.8 Å². The van der Waals surface area contributed by atoms with Gasteiger partial charge < -0.3 is 0 Å². The van der Waals surface area contributed by atoms with E-state index in [1.807, 2.05) is 24.3 Å². The zero-order chi connectivity index (χ0) is 19.4. The van der Waals surface area contributed by atoms with Gasteiger partial charge in [-0.2, -0.15) is 0 Å². The Bertz CT molecular complexity index is 998. The molecule has 27 heavy (non-hydrogen) atoms. The maximum Gasteiger partial charge on any atom is 0.270 e. The summed E-state index contributed by atoms with van der Waals surface area (Å²) < 4.78 is 1.70. The van der Waals surface area contributed by atoms with Crippen LogP contribution in [0.4, 0.5) is 10.8 Å². The Morgan fingerprint density at radius 3 is 2.70 bits per heavy atom. The minimum atomic E-state index is -0.588. The van der Waals surface area contributed by atoms with Crippen molar-refractivity contribution in [1.29, 1.82) is 0 Å². The van der Waals surface area contributed by atoms with E-state index in [4.69, 9.17) is 11.6 Å². The van der Waals surface area contributed by atoms with Crippen molar-refractivity contribution < 1.29 is 9.72 Å². The number of carbonyl (C=O) groups excluding carboxylic acids is 1. The Kier molecular flexibility index (Phi) is 6.42. The van der Waals surface area contributed by atoms with Gasteiger partial charge in [-0.25, -0.2) is 0 Å². The first-order valence-electron chi connectivity index (χ1n) is 7.38. The zero-order valence-electron chi connectivity index (χ0n) is 13.4. The summed E-state index contributed by atoms with van der Waals surface area (Å²) in [6.45, 7) is 0. The molecule has 0 fully saturated rings. The lowest BCUT2D eigenvalue weighted by Gasteiger charge is -2.03. The third-order valence-corrected chi connectivity index (χ3v) is 6.21. The van der Waals surface area contributed by atoms with Crippen LogP contribution in [0.25, 0.3) is 0 Å². The number of hydrogen-bond acceptors (Lipinski definition) is 7. The third-order valence-electron chi connectivity index (χ3n) is 3.31. The van der Waals surface area contributed by atoms with Gasteiger partial charge in [0.25, 0.3) is 11.6 Å². The Hall–Kier alpha value is -2.01. The molecule has 0 aliphatic rings. The number of amides is 1. The summed E-state index contributed by atoms with van der Waals surface area (Å²) in [5.74, 6) is 0.136. The molecule has 3 rings (SSSR count). The van der Waals surface area contributed by atoms with E-state index in [1.54, 1.807) is 0 Å². The summed E-state index contributed by atoms with van der Waals surface area (Å²) >= 11 is 12.1. The molecule has 0 radical (unpaired) electrons. The summed E-state index contributed by atoms with van der Waals surface area (Å²) in [6.07, 6.45) is 0. The van der Waals surface area contributed by atoms with Gasteiger partial charge in [-0.15, -0.1) is 10.2 Å². The summed E-state index contributed by atoms with van der Waals surface area (Å²) in [7, 11) is 0. The smallest absolute Gasteiger partial charge is 0.270 e. The Balaban J connectivity index is 1.65. The molecule has 11 heteroatoms. The summed E-state index contributed by atoms with van der Waals surface area (Å²) in [4.78, 5) is 22.6. The Labute approximate surface area is 175 Å². The van der Waals surface area contributed by atoms with Gasteiger partial charge in [-0.3, -0.25) is 20.2 Å². The van der Waals surface area contributed by atoms with Crippen molar-refractivity contribution in [3.8, 4) is 0 Å². The van der Waals surface area contributed by atoms with Crippen LogP contribution in [0.15, 0.2) is 51.3 Å². The highest BCUT2D eigenvalue weighted by Crippen LogP contribution is 2.29. The van der Waals surface area contributed by atoms with Crippen LogP contribution >= 0.6 is 50.6 Å².